The minimum absolute atomic E-state index is 0.165. The van der Waals surface area contributed by atoms with Gasteiger partial charge in [0.25, 0.3) is 0 Å². The maximum Gasteiger partial charge on any atom is 0.243 e. The maximum absolute atomic E-state index is 11.5. The fourth-order valence-corrected chi connectivity index (χ4v) is 3.32. The highest BCUT2D eigenvalue weighted by Gasteiger charge is 2.00. The molecule has 0 fully saturated rings. The van der Waals surface area contributed by atoms with Crippen LogP contribution in [0.2, 0.25) is 0 Å². The molecule has 0 aliphatic heterocycles. The number of hydrogen-bond donors (Lipinski definition) is 6. The quantitative estimate of drug-likeness (QED) is 0.0498. The van der Waals surface area contributed by atoms with Crippen molar-refractivity contribution in [1.29, 1.82) is 0 Å². The van der Waals surface area contributed by atoms with Gasteiger partial charge in [0.15, 0.2) is 0 Å². The molecule has 0 atom stereocenters. The van der Waals surface area contributed by atoms with Gasteiger partial charge in [-0.1, -0.05) is 90.5 Å². The lowest BCUT2D eigenvalue weighted by atomic mass is 10.2. The summed E-state index contributed by atoms with van der Waals surface area (Å²) in [7, 11) is 1.61. The minimum atomic E-state index is -0.466. The average Bonchev–Trinajstić information content (AvgIpc) is 3.07. The smallest absolute Gasteiger partial charge is 0.243 e. The third kappa shape index (κ3) is 22.7. The predicted molar refractivity (Wildman–Crippen MR) is 179 cm³/mol. The summed E-state index contributed by atoms with van der Waals surface area (Å²) in [5.74, 6) is -0.588. The highest BCUT2D eigenvalue weighted by atomic mass is 79.9. The molecule has 0 saturated heterocycles. The molecule has 6 N–H and O–H groups in total. The Morgan fingerprint density at radius 1 is 0.689 bits per heavy atom. The van der Waals surface area contributed by atoms with E-state index >= 15 is 0 Å². The van der Waals surface area contributed by atoms with Crippen LogP contribution in [0.5, 0.6) is 5.75 Å². The number of amides is 4. The van der Waals surface area contributed by atoms with Crippen molar-refractivity contribution in [2.45, 2.75) is 39.5 Å². The number of halogens is 1. The largest absolute Gasteiger partial charge is 0.497 e. The summed E-state index contributed by atoms with van der Waals surface area (Å²) in [6, 6.07) is 15.3. The van der Waals surface area contributed by atoms with Crippen LogP contribution < -0.4 is 26.3 Å². The average molecular weight is 688 g/mol. The molecule has 2 rings (SSSR count). The number of benzene rings is 2. The van der Waals surface area contributed by atoms with Gasteiger partial charge in [-0.15, -0.1) is 0 Å². The van der Waals surface area contributed by atoms with E-state index in [1.165, 1.54) is 23.1 Å². The first-order valence-electron chi connectivity index (χ1n) is 14.3. The number of hydroxylamine groups is 2. The van der Waals surface area contributed by atoms with Gasteiger partial charge >= 0.3 is 0 Å². The van der Waals surface area contributed by atoms with E-state index in [4.69, 9.17) is 15.2 Å². The lowest BCUT2D eigenvalue weighted by Gasteiger charge is -2.00. The molecule has 0 bridgehead atoms. The standard InChI is InChI=1S/C16H20N2O4.C15H17BrN2O3.C2H6/c1-22-14-10-8-13(9-11-14)5-2-3-6-15(19)17-12-4-7-16(20)18-21;16-13-9-7-12(8-10-13)4-1-2-5-14(19)17-11-3-6-15(20)18-21;1-2/h2-3,5-6,8-11,21H,4,7,12H2,1H3,(H,17,19)(H,18,20);1-2,4-5,7-10,21H,3,6,11H2,(H,17,19)(H,18,20);1-2H3/b5-2+,6-3+;4-1+,5-2+;. The van der Waals surface area contributed by atoms with Gasteiger partial charge in [-0.25, -0.2) is 11.0 Å². The van der Waals surface area contributed by atoms with E-state index in [1.54, 1.807) is 31.4 Å². The zero-order chi connectivity index (χ0) is 33.7. The number of carbonyl (C=O) groups is 4. The zero-order valence-corrected chi connectivity index (χ0v) is 27.4. The van der Waals surface area contributed by atoms with Crippen LogP contribution in [0.15, 0.2) is 89.5 Å². The lowest BCUT2D eigenvalue weighted by molar-refractivity contribution is -0.130. The topological polar surface area (TPSA) is 166 Å². The molecule has 0 unspecified atom stereocenters. The fourth-order valence-electron chi connectivity index (χ4n) is 3.06. The molecule has 0 spiro atoms. The second-order valence-electron chi connectivity index (χ2n) is 8.62. The van der Waals surface area contributed by atoms with Crippen molar-refractivity contribution >= 4 is 51.7 Å². The van der Waals surface area contributed by atoms with Crippen molar-refractivity contribution in [1.82, 2.24) is 21.6 Å². The van der Waals surface area contributed by atoms with Crippen molar-refractivity contribution in [2.75, 3.05) is 20.2 Å². The summed E-state index contributed by atoms with van der Waals surface area (Å²) in [6.45, 7) is 4.76. The molecular weight excluding hydrogens is 644 g/mol. The number of carbonyl (C=O) groups excluding carboxylic acids is 4. The van der Waals surface area contributed by atoms with Gasteiger partial charge in [0, 0.05) is 42.6 Å². The number of hydrogen-bond acceptors (Lipinski definition) is 7. The van der Waals surface area contributed by atoms with E-state index in [1.807, 2.05) is 74.5 Å². The van der Waals surface area contributed by atoms with E-state index in [2.05, 4.69) is 26.6 Å². The summed E-state index contributed by atoms with van der Waals surface area (Å²) in [5.41, 5.74) is 5.11. The minimum Gasteiger partial charge on any atom is -0.497 e. The van der Waals surface area contributed by atoms with E-state index in [9.17, 15) is 19.2 Å². The van der Waals surface area contributed by atoms with Crippen molar-refractivity contribution in [3.8, 4) is 5.75 Å². The summed E-state index contributed by atoms with van der Waals surface area (Å²) in [4.78, 5) is 44.3. The Kier molecular flexibility index (Phi) is 24.3. The molecule has 0 aliphatic rings. The van der Waals surface area contributed by atoms with E-state index in [-0.39, 0.29) is 24.7 Å². The van der Waals surface area contributed by atoms with Gasteiger partial charge in [-0.2, -0.15) is 0 Å². The number of ether oxygens (including phenoxy) is 1. The normalized spacial score (nSPS) is 10.5. The summed E-state index contributed by atoms with van der Waals surface area (Å²) < 4.78 is 6.08. The van der Waals surface area contributed by atoms with Crippen LogP contribution in [0.4, 0.5) is 0 Å². The molecule has 0 aliphatic carbocycles. The molecule has 0 heterocycles. The van der Waals surface area contributed by atoms with Gasteiger partial charge in [0.1, 0.15) is 5.75 Å². The molecule has 11 nitrogen and oxygen atoms in total. The molecule has 4 amide bonds. The van der Waals surface area contributed by atoms with Gasteiger partial charge in [-0.05, 0) is 48.2 Å². The highest BCUT2D eigenvalue weighted by molar-refractivity contribution is 9.10. The Labute approximate surface area is 273 Å². The van der Waals surface area contributed by atoms with Crippen LogP contribution in [0.25, 0.3) is 12.2 Å². The number of methoxy groups -OCH3 is 1. The summed E-state index contributed by atoms with van der Waals surface area (Å²) in [6.07, 6.45) is 14.7. The first-order valence-corrected chi connectivity index (χ1v) is 15.1. The van der Waals surface area contributed by atoms with Crippen LogP contribution in [0.1, 0.15) is 50.7 Å². The molecule has 45 heavy (non-hydrogen) atoms. The lowest BCUT2D eigenvalue weighted by Crippen LogP contribution is -2.24. The summed E-state index contributed by atoms with van der Waals surface area (Å²) in [5, 5.41) is 21.9. The highest BCUT2D eigenvalue weighted by Crippen LogP contribution is 2.12. The Balaban J connectivity index is 0.000000816. The van der Waals surface area contributed by atoms with Crippen LogP contribution in [-0.2, 0) is 19.2 Å². The van der Waals surface area contributed by atoms with Crippen molar-refractivity contribution in [2.24, 2.45) is 0 Å². The molecular formula is C33H43BrN4O7. The third-order valence-corrected chi connectivity index (χ3v) is 5.82. The Morgan fingerprint density at radius 2 is 1.09 bits per heavy atom. The van der Waals surface area contributed by atoms with Crippen LogP contribution in [0.3, 0.4) is 0 Å². The maximum atomic E-state index is 11.5. The number of allylic oxidation sites excluding steroid dienone is 4. The second kappa shape index (κ2) is 27.1. The zero-order valence-electron chi connectivity index (χ0n) is 25.8. The number of rotatable bonds is 15. The molecule has 0 saturated carbocycles. The van der Waals surface area contributed by atoms with Gasteiger partial charge in [-0.3, -0.25) is 29.6 Å². The first-order chi connectivity index (χ1) is 21.8. The molecule has 2 aromatic carbocycles. The van der Waals surface area contributed by atoms with Gasteiger partial charge in [0.05, 0.1) is 7.11 Å². The van der Waals surface area contributed by atoms with Crippen LogP contribution >= 0.6 is 15.9 Å². The van der Waals surface area contributed by atoms with E-state index < -0.39 is 11.8 Å². The molecule has 2 aromatic rings. The summed E-state index contributed by atoms with van der Waals surface area (Å²) >= 11 is 3.36. The Morgan fingerprint density at radius 3 is 1.47 bits per heavy atom. The van der Waals surface area contributed by atoms with Crippen molar-refractivity contribution < 1.29 is 34.3 Å². The molecule has 0 radical (unpaired) electrons. The SMILES string of the molecule is CC.COc1ccc(/C=C/C=C/C(=O)NCCCC(=O)NO)cc1.O=C(/C=C/C=C/c1ccc(Br)cc1)NCCCC(=O)NO. The van der Waals surface area contributed by atoms with Gasteiger partial charge in [0.2, 0.25) is 23.6 Å². The van der Waals surface area contributed by atoms with Crippen molar-refractivity contribution in [3.63, 3.8) is 0 Å². The third-order valence-electron chi connectivity index (χ3n) is 5.29. The van der Waals surface area contributed by atoms with Crippen LogP contribution in [0, 0.1) is 0 Å². The van der Waals surface area contributed by atoms with Gasteiger partial charge < -0.3 is 15.4 Å². The van der Waals surface area contributed by atoms with E-state index in [0.29, 0.717) is 25.9 Å². The molecule has 12 heteroatoms. The van der Waals surface area contributed by atoms with Crippen LogP contribution in [-0.4, -0.2) is 54.2 Å². The molecule has 0 aromatic heterocycles. The number of nitrogens with one attached hydrogen (secondary N) is 4. The molecule has 244 valence electrons. The fraction of sp³-hybridized carbons (Fsp3) is 0.273. The monoisotopic (exact) mass is 686 g/mol. The second-order valence-corrected chi connectivity index (χ2v) is 9.54. The Hall–Kier alpha value is -4.52. The predicted octanol–water partition coefficient (Wildman–Crippen LogP) is 5.11. The Bertz CT molecular complexity index is 1260. The van der Waals surface area contributed by atoms with Crippen molar-refractivity contribution in [3.05, 3.63) is 101 Å². The first kappa shape index (κ1) is 40.5. The van der Waals surface area contributed by atoms with E-state index in [0.717, 1.165) is 21.3 Å².